The summed E-state index contributed by atoms with van der Waals surface area (Å²) in [6.07, 6.45) is 1.03. The predicted octanol–water partition coefficient (Wildman–Crippen LogP) is 1.30. The average molecular weight is 309 g/mol. The number of nitrogens with one attached hydrogen (secondary N) is 2. The summed E-state index contributed by atoms with van der Waals surface area (Å²) in [6.45, 7) is 4.88. The molecule has 0 saturated carbocycles. The number of amides is 1. The summed E-state index contributed by atoms with van der Waals surface area (Å²) in [7, 11) is 0. The second-order valence-corrected chi connectivity index (χ2v) is 6.25. The van der Waals surface area contributed by atoms with E-state index in [2.05, 4.69) is 24.1 Å². The van der Waals surface area contributed by atoms with E-state index in [0.29, 0.717) is 22.7 Å². The lowest BCUT2D eigenvalue weighted by atomic mass is 10.1. The van der Waals surface area contributed by atoms with Crippen molar-refractivity contribution >= 4 is 27.5 Å². The smallest absolute Gasteiger partial charge is 0.328 e. The maximum absolute atomic E-state index is 12.1. The maximum Gasteiger partial charge on any atom is 0.328 e. The molecule has 114 valence electrons. The number of rotatable bonds is 6. The topological polar surface area (TPSA) is 84.0 Å². The van der Waals surface area contributed by atoms with Crippen LogP contribution in [0.15, 0.2) is 21.0 Å². The molecule has 0 atom stereocenters. The third-order valence-corrected chi connectivity index (χ3v) is 4.10. The first-order chi connectivity index (χ1) is 9.99. The minimum absolute atomic E-state index is 0.0928. The quantitative estimate of drug-likeness (QED) is 0.843. The van der Waals surface area contributed by atoms with Crippen LogP contribution in [0.1, 0.15) is 26.7 Å². The average Bonchev–Trinajstić information content (AvgIpc) is 2.86. The molecule has 21 heavy (non-hydrogen) atoms. The Kier molecular flexibility index (Phi) is 4.95. The van der Waals surface area contributed by atoms with Crippen LogP contribution in [0.2, 0.25) is 0 Å². The van der Waals surface area contributed by atoms with Crippen molar-refractivity contribution in [1.29, 1.82) is 0 Å². The predicted molar refractivity (Wildman–Crippen MR) is 83.8 cm³/mol. The van der Waals surface area contributed by atoms with E-state index in [9.17, 15) is 14.4 Å². The molecule has 2 aromatic heterocycles. The molecule has 6 nitrogen and oxygen atoms in total. The molecular weight excluding hydrogens is 290 g/mol. The molecule has 2 aromatic rings. The van der Waals surface area contributed by atoms with Gasteiger partial charge in [0.05, 0.1) is 5.52 Å². The summed E-state index contributed by atoms with van der Waals surface area (Å²) in [5, 5.41) is 4.55. The maximum atomic E-state index is 12.1. The zero-order chi connectivity index (χ0) is 15.4. The Labute approximate surface area is 125 Å². The van der Waals surface area contributed by atoms with Crippen molar-refractivity contribution in [3.05, 3.63) is 32.3 Å². The Morgan fingerprint density at radius 1 is 1.43 bits per heavy atom. The van der Waals surface area contributed by atoms with E-state index in [1.54, 1.807) is 11.4 Å². The fraction of sp³-hybridized carbons (Fsp3) is 0.500. The zero-order valence-corrected chi connectivity index (χ0v) is 13.0. The van der Waals surface area contributed by atoms with Crippen molar-refractivity contribution < 1.29 is 4.79 Å². The molecule has 0 fully saturated rings. The van der Waals surface area contributed by atoms with Crippen molar-refractivity contribution in [1.82, 2.24) is 14.9 Å². The molecule has 0 spiro atoms. The van der Waals surface area contributed by atoms with Crippen LogP contribution in [0, 0.1) is 5.92 Å². The largest absolute Gasteiger partial charge is 0.356 e. The van der Waals surface area contributed by atoms with Crippen molar-refractivity contribution in [3.8, 4) is 0 Å². The number of hydrogen-bond acceptors (Lipinski definition) is 4. The van der Waals surface area contributed by atoms with Crippen molar-refractivity contribution in [2.75, 3.05) is 6.54 Å². The van der Waals surface area contributed by atoms with E-state index in [0.717, 1.165) is 11.0 Å². The Balaban J connectivity index is 2.02. The molecule has 7 heteroatoms. The van der Waals surface area contributed by atoms with Crippen LogP contribution in [-0.2, 0) is 11.3 Å². The highest BCUT2D eigenvalue weighted by molar-refractivity contribution is 7.17. The highest BCUT2D eigenvalue weighted by Crippen LogP contribution is 2.11. The summed E-state index contributed by atoms with van der Waals surface area (Å²) < 4.78 is 1.59. The highest BCUT2D eigenvalue weighted by atomic mass is 32.1. The molecule has 0 aromatic carbocycles. The van der Waals surface area contributed by atoms with E-state index in [1.807, 2.05) is 0 Å². The third-order valence-electron chi connectivity index (χ3n) is 3.20. The molecule has 0 unspecified atom stereocenters. The van der Waals surface area contributed by atoms with E-state index >= 15 is 0 Å². The van der Waals surface area contributed by atoms with Crippen LogP contribution in [0.5, 0.6) is 0 Å². The number of hydrogen-bond donors (Lipinski definition) is 2. The first kappa shape index (κ1) is 15.5. The third kappa shape index (κ3) is 3.81. The molecular formula is C14H19N3O3S. The van der Waals surface area contributed by atoms with Gasteiger partial charge in [-0.3, -0.25) is 14.2 Å². The summed E-state index contributed by atoms with van der Waals surface area (Å²) in [4.78, 5) is 38.3. The summed E-state index contributed by atoms with van der Waals surface area (Å²) >= 11 is 1.28. The highest BCUT2D eigenvalue weighted by Gasteiger charge is 2.10. The molecule has 1 amide bonds. The van der Waals surface area contributed by atoms with Gasteiger partial charge in [0.25, 0.3) is 5.56 Å². The van der Waals surface area contributed by atoms with Gasteiger partial charge in [0.15, 0.2) is 0 Å². The number of nitrogens with zero attached hydrogens (tertiary/aromatic N) is 1. The van der Waals surface area contributed by atoms with E-state index in [1.165, 1.54) is 11.3 Å². The van der Waals surface area contributed by atoms with E-state index < -0.39 is 5.69 Å². The number of fused-ring (bicyclic) bond motifs is 1. The number of thiophene rings is 1. The van der Waals surface area contributed by atoms with Crippen LogP contribution in [-0.4, -0.2) is 22.0 Å². The second kappa shape index (κ2) is 6.71. The standard InChI is InChI=1S/C14H19N3O3S/c1-9(2)3-6-15-11(18)4-7-17-13(19)12-10(5-8-21-12)16-14(17)20/h5,8-9H,3-4,6-7H2,1-2H3,(H,15,18)(H,16,20). The van der Waals surface area contributed by atoms with Gasteiger partial charge < -0.3 is 10.3 Å². The molecule has 2 rings (SSSR count). The summed E-state index contributed by atoms with van der Waals surface area (Å²) in [6, 6.07) is 1.70. The normalized spacial score (nSPS) is 11.2. The molecule has 0 aliphatic carbocycles. The number of carbonyl (C=O) groups excluding carboxylic acids is 1. The lowest BCUT2D eigenvalue weighted by Gasteiger charge is -2.08. The van der Waals surface area contributed by atoms with Crippen LogP contribution < -0.4 is 16.6 Å². The summed E-state index contributed by atoms with van der Waals surface area (Å²) in [5.41, 5.74) is -0.257. The Hall–Kier alpha value is -1.89. The first-order valence-corrected chi connectivity index (χ1v) is 7.84. The zero-order valence-electron chi connectivity index (χ0n) is 12.1. The monoisotopic (exact) mass is 309 g/mol. The Bertz CT molecular complexity index is 742. The number of aromatic amines is 1. The van der Waals surface area contributed by atoms with Gasteiger partial charge in [-0.05, 0) is 23.8 Å². The minimum Gasteiger partial charge on any atom is -0.356 e. The summed E-state index contributed by atoms with van der Waals surface area (Å²) in [5.74, 6) is 0.380. The van der Waals surface area contributed by atoms with Gasteiger partial charge in [0, 0.05) is 19.5 Å². The Morgan fingerprint density at radius 3 is 2.90 bits per heavy atom. The molecule has 0 saturated heterocycles. The van der Waals surface area contributed by atoms with Crippen LogP contribution in [0.4, 0.5) is 0 Å². The van der Waals surface area contributed by atoms with Gasteiger partial charge in [0.1, 0.15) is 4.70 Å². The van der Waals surface area contributed by atoms with Gasteiger partial charge in [-0.25, -0.2) is 4.79 Å². The molecule has 0 aliphatic heterocycles. The fourth-order valence-electron chi connectivity index (χ4n) is 1.98. The molecule has 2 N–H and O–H groups in total. The minimum atomic E-state index is -0.471. The fourth-order valence-corrected chi connectivity index (χ4v) is 2.77. The number of aromatic nitrogens is 2. The van der Waals surface area contributed by atoms with Gasteiger partial charge in [-0.2, -0.15) is 0 Å². The first-order valence-electron chi connectivity index (χ1n) is 6.96. The van der Waals surface area contributed by atoms with Crippen molar-refractivity contribution in [3.63, 3.8) is 0 Å². The van der Waals surface area contributed by atoms with E-state index in [-0.39, 0.29) is 24.4 Å². The Morgan fingerprint density at radius 2 is 2.19 bits per heavy atom. The van der Waals surface area contributed by atoms with Gasteiger partial charge in [-0.1, -0.05) is 13.8 Å². The SMILES string of the molecule is CC(C)CCNC(=O)CCn1c(=O)[nH]c2ccsc2c1=O. The molecule has 0 bridgehead atoms. The van der Waals surface area contributed by atoms with Gasteiger partial charge in [-0.15, -0.1) is 11.3 Å². The molecule has 0 radical (unpaired) electrons. The lowest BCUT2D eigenvalue weighted by molar-refractivity contribution is -0.121. The molecule has 0 aliphatic rings. The van der Waals surface area contributed by atoms with Gasteiger partial charge >= 0.3 is 5.69 Å². The van der Waals surface area contributed by atoms with Crippen LogP contribution in [0.3, 0.4) is 0 Å². The van der Waals surface area contributed by atoms with Crippen LogP contribution >= 0.6 is 11.3 Å². The van der Waals surface area contributed by atoms with Crippen molar-refractivity contribution in [2.24, 2.45) is 5.92 Å². The van der Waals surface area contributed by atoms with Crippen molar-refractivity contribution in [2.45, 2.75) is 33.2 Å². The van der Waals surface area contributed by atoms with Crippen LogP contribution in [0.25, 0.3) is 10.2 Å². The van der Waals surface area contributed by atoms with Gasteiger partial charge in [0.2, 0.25) is 5.91 Å². The lowest BCUT2D eigenvalue weighted by Crippen LogP contribution is -2.36. The second-order valence-electron chi connectivity index (χ2n) is 5.33. The number of carbonyl (C=O) groups is 1. The molecule has 2 heterocycles. The van der Waals surface area contributed by atoms with E-state index in [4.69, 9.17) is 0 Å². The number of H-pyrrole nitrogens is 1.